The van der Waals surface area contributed by atoms with Crippen molar-refractivity contribution in [2.75, 3.05) is 26.2 Å². The van der Waals surface area contributed by atoms with Crippen molar-refractivity contribution >= 4 is 11.9 Å². The fourth-order valence-electron chi connectivity index (χ4n) is 4.27. The van der Waals surface area contributed by atoms with Gasteiger partial charge < -0.3 is 10.0 Å². The number of rotatable bonds is 6. The van der Waals surface area contributed by atoms with Gasteiger partial charge in [-0.05, 0) is 56.7 Å². The third kappa shape index (κ3) is 5.31. The van der Waals surface area contributed by atoms with E-state index in [1.165, 1.54) is 5.56 Å². The van der Waals surface area contributed by atoms with Crippen LogP contribution in [0.2, 0.25) is 0 Å². The molecule has 1 amide bonds. The lowest BCUT2D eigenvalue weighted by atomic mass is 9.90. The van der Waals surface area contributed by atoms with E-state index in [-0.39, 0.29) is 12.3 Å². The minimum absolute atomic E-state index is 0.139. The molecule has 142 valence electrons. The van der Waals surface area contributed by atoms with Gasteiger partial charge in [-0.25, -0.2) is 0 Å². The smallest absolute Gasteiger partial charge is 0.303 e. The number of carbonyl (C=O) groups excluding carboxylic acids is 1. The van der Waals surface area contributed by atoms with Gasteiger partial charge in [0.2, 0.25) is 5.91 Å². The number of hydrogen-bond donors (Lipinski definition) is 1. The average Bonchev–Trinajstić information content (AvgIpc) is 2.67. The predicted octanol–water partition coefficient (Wildman–Crippen LogP) is 3.00. The highest BCUT2D eigenvalue weighted by Gasteiger charge is 2.31. The number of likely N-dealkylation sites (tertiary alicyclic amines) is 2. The molecule has 5 nitrogen and oxygen atoms in total. The molecular formula is C21H30N2O3. The molecule has 2 aliphatic rings. The molecule has 1 aromatic carbocycles. The molecule has 0 bridgehead atoms. The summed E-state index contributed by atoms with van der Waals surface area (Å²) in [5, 5.41) is 8.87. The maximum Gasteiger partial charge on any atom is 0.303 e. The molecule has 3 rings (SSSR count). The van der Waals surface area contributed by atoms with Crippen LogP contribution < -0.4 is 0 Å². The quantitative estimate of drug-likeness (QED) is 0.849. The number of benzene rings is 1. The van der Waals surface area contributed by atoms with Gasteiger partial charge in [-0.1, -0.05) is 30.3 Å². The Hall–Kier alpha value is -1.88. The summed E-state index contributed by atoms with van der Waals surface area (Å²) in [4.78, 5) is 28.1. The molecule has 1 N–H and O–H groups in total. The number of carboxylic acids is 1. The molecule has 1 atom stereocenters. The van der Waals surface area contributed by atoms with Crippen LogP contribution in [0.15, 0.2) is 30.3 Å². The lowest BCUT2D eigenvalue weighted by Gasteiger charge is -2.37. The van der Waals surface area contributed by atoms with E-state index in [1.54, 1.807) is 0 Å². The van der Waals surface area contributed by atoms with E-state index < -0.39 is 5.97 Å². The van der Waals surface area contributed by atoms with Gasteiger partial charge in [0, 0.05) is 32.0 Å². The van der Waals surface area contributed by atoms with Crippen LogP contribution in [0, 0.1) is 11.8 Å². The number of hydrogen-bond acceptors (Lipinski definition) is 3. The third-order valence-corrected chi connectivity index (χ3v) is 5.78. The maximum absolute atomic E-state index is 12.9. The molecule has 0 spiro atoms. The second-order valence-electron chi connectivity index (χ2n) is 7.76. The molecule has 26 heavy (non-hydrogen) atoms. The lowest BCUT2D eigenvalue weighted by molar-refractivity contribution is -0.139. The fourth-order valence-corrected chi connectivity index (χ4v) is 4.27. The van der Waals surface area contributed by atoms with Crippen LogP contribution in [0.5, 0.6) is 0 Å². The summed E-state index contributed by atoms with van der Waals surface area (Å²) >= 11 is 0. The van der Waals surface area contributed by atoms with Gasteiger partial charge in [0.1, 0.15) is 0 Å². The summed E-state index contributed by atoms with van der Waals surface area (Å²) in [6, 6.07) is 10.5. The monoisotopic (exact) mass is 358 g/mol. The summed E-state index contributed by atoms with van der Waals surface area (Å²) in [5.41, 5.74) is 1.33. The van der Waals surface area contributed by atoms with Gasteiger partial charge in [-0.15, -0.1) is 0 Å². The average molecular weight is 358 g/mol. The first-order chi connectivity index (χ1) is 12.6. The van der Waals surface area contributed by atoms with Crippen molar-refractivity contribution in [2.45, 2.75) is 45.1 Å². The van der Waals surface area contributed by atoms with E-state index in [4.69, 9.17) is 5.11 Å². The summed E-state index contributed by atoms with van der Waals surface area (Å²) < 4.78 is 0. The van der Waals surface area contributed by atoms with Crippen molar-refractivity contribution < 1.29 is 14.7 Å². The molecule has 2 saturated heterocycles. The topological polar surface area (TPSA) is 60.9 Å². The highest BCUT2D eigenvalue weighted by Crippen LogP contribution is 2.26. The Balaban J connectivity index is 1.45. The standard InChI is InChI=1S/C21H30N2O3/c24-20(25)9-8-18-7-4-12-23(16-18)21(26)19-10-13-22(14-11-19)15-17-5-2-1-3-6-17/h1-3,5-6,18-19H,4,7-16H2,(H,24,25). The van der Waals surface area contributed by atoms with Crippen LogP contribution in [0.1, 0.15) is 44.1 Å². The van der Waals surface area contributed by atoms with E-state index in [9.17, 15) is 9.59 Å². The van der Waals surface area contributed by atoms with Crippen LogP contribution in [-0.4, -0.2) is 53.0 Å². The molecule has 0 saturated carbocycles. The zero-order valence-corrected chi connectivity index (χ0v) is 15.5. The second-order valence-corrected chi connectivity index (χ2v) is 7.76. The number of amides is 1. The zero-order valence-electron chi connectivity index (χ0n) is 15.5. The molecular weight excluding hydrogens is 328 g/mol. The molecule has 0 radical (unpaired) electrons. The lowest BCUT2D eigenvalue weighted by Crippen LogP contribution is -2.46. The Morgan fingerprint density at radius 3 is 2.46 bits per heavy atom. The summed E-state index contributed by atoms with van der Waals surface area (Å²) in [7, 11) is 0. The molecule has 2 heterocycles. The maximum atomic E-state index is 12.9. The van der Waals surface area contributed by atoms with E-state index in [1.807, 2.05) is 11.0 Å². The predicted molar refractivity (Wildman–Crippen MR) is 101 cm³/mol. The first kappa shape index (κ1) is 18.9. The Kier molecular flexibility index (Phi) is 6.67. The van der Waals surface area contributed by atoms with Crippen molar-refractivity contribution in [3.8, 4) is 0 Å². The van der Waals surface area contributed by atoms with Gasteiger partial charge in [-0.3, -0.25) is 14.5 Å². The van der Waals surface area contributed by atoms with Gasteiger partial charge in [0.25, 0.3) is 0 Å². The van der Waals surface area contributed by atoms with Crippen molar-refractivity contribution in [3.63, 3.8) is 0 Å². The number of aliphatic carboxylic acids is 1. The van der Waals surface area contributed by atoms with Crippen LogP contribution >= 0.6 is 0 Å². The van der Waals surface area contributed by atoms with Gasteiger partial charge >= 0.3 is 5.97 Å². The van der Waals surface area contributed by atoms with E-state index in [0.29, 0.717) is 18.2 Å². The zero-order chi connectivity index (χ0) is 18.4. The Bertz CT molecular complexity index is 597. The van der Waals surface area contributed by atoms with Crippen LogP contribution in [0.3, 0.4) is 0 Å². The van der Waals surface area contributed by atoms with E-state index in [2.05, 4.69) is 29.2 Å². The number of nitrogens with zero attached hydrogens (tertiary/aromatic N) is 2. The normalized spacial score (nSPS) is 22.3. The molecule has 0 aromatic heterocycles. The Morgan fingerprint density at radius 1 is 1.04 bits per heavy atom. The third-order valence-electron chi connectivity index (χ3n) is 5.78. The summed E-state index contributed by atoms with van der Waals surface area (Å²) in [5.74, 6) is 0.0471. The molecule has 2 fully saturated rings. The van der Waals surface area contributed by atoms with Gasteiger partial charge in [0.05, 0.1) is 0 Å². The van der Waals surface area contributed by atoms with Crippen LogP contribution in [-0.2, 0) is 16.1 Å². The minimum Gasteiger partial charge on any atom is -0.481 e. The summed E-state index contributed by atoms with van der Waals surface area (Å²) in [6.45, 7) is 4.49. The molecule has 5 heteroatoms. The van der Waals surface area contributed by atoms with Crippen molar-refractivity contribution in [1.29, 1.82) is 0 Å². The fraction of sp³-hybridized carbons (Fsp3) is 0.619. The first-order valence-electron chi connectivity index (χ1n) is 9.88. The Morgan fingerprint density at radius 2 is 1.77 bits per heavy atom. The van der Waals surface area contributed by atoms with Crippen molar-refractivity contribution in [3.05, 3.63) is 35.9 Å². The molecule has 0 aliphatic carbocycles. The molecule has 1 aromatic rings. The van der Waals surface area contributed by atoms with Crippen LogP contribution in [0.4, 0.5) is 0 Å². The van der Waals surface area contributed by atoms with Gasteiger partial charge in [0.15, 0.2) is 0 Å². The number of carboxylic acid groups (broad SMARTS) is 1. The van der Waals surface area contributed by atoms with E-state index >= 15 is 0 Å². The highest BCUT2D eigenvalue weighted by atomic mass is 16.4. The number of piperidine rings is 2. The van der Waals surface area contributed by atoms with E-state index in [0.717, 1.165) is 58.4 Å². The largest absolute Gasteiger partial charge is 0.481 e. The SMILES string of the molecule is O=C(O)CCC1CCCN(C(=O)C2CCN(Cc3ccccc3)CC2)C1. The van der Waals surface area contributed by atoms with Gasteiger partial charge in [-0.2, -0.15) is 0 Å². The van der Waals surface area contributed by atoms with Crippen molar-refractivity contribution in [1.82, 2.24) is 9.80 Å². The number of carbonyl (C=O) groups is 2. The first-order valence-corrected chi connectivity index (χ1v) is 9.88. The minimum atomic E-state index is -0.737. The van der Waals surface area contributed by atoms with Crippen molar-refractivity contribution in [2.24, 2.45) is 11.8 Å². The van der Waals surface area contributed by atoms with Crippen LogP contribution in [0.25, 0.3) is 0 Å². The highest BCUT2D eigenvalue weighted by molar-refractivity contribution is 5.79. The molecule has 1 unspecified atom stereocenters. The summed E-state index contributed by atoms with van der Waals surface area (Å²) in [6.07, 6.45) is 4.82. The Labute approximate surface area is 156 Å². The second kappa shape index (κ2) is 9.17. The molecule has 2 aliphatic heterocycles.